The third-order valence-electron chi connectivity index (χ3n) is 5.88. The van der Waals surface area contributed by atoms with E-state index in [2.05, 4.69) is 18.2 Å². The summed E-state index contributed by atoms with van der Waals surface area (Å²) in [5.74, 6) is 1.67. The molecule has 0 saturated heterocycles. The molecule has 0 aliphatic carbocycles. The van der Waals surface area contributed by atoms with Crippen LogP contribution in [0, 0.1) is 6.92 Å². The van der Waals surface area contributed by atoms with Gasteiger partial charge in [-0.25, -0.2) is 4.99 Å². The molecule has 3 aromatic carbocycles. The number of benzene rings is 3. The summed E-state index contributed by atoms with van der Waals surface area (Å²) < 4.78 is 21.9. The Morgan fingerprint density at radius 2 is 1.65 bits per heavy atom. The largest absolute Gasteiger partial charge is 0.493 e. The van der Waals surface area contributed by atoms with Crippen LogP contribution in [0.4, 0.5) is 5.69 Å². The van der Waals surface area contributed by atoms with E-state index in [-0.39, 0.29) is 18.6 Å². The first-order valence-electron chi connectivity index (χ1n) is 10.9. The lowest BCUT2D eigenvalue weighted by molar-refractivity contribution is -0.141. The molecule has 1 aliphatic heterocycles. The van der Waals surface area contributed by atoms with Gasteiger partial charge in [0, 0.05) is 5.56 Å². The van der Waals surface area contributed by atoms with Crippen LogP contribution in [0.25, 0.3) is 0 Å². The normalized spacial score (nSPS) is 14.7. The van der Waals surface area contributed by atoms with Gasteiger partial charge in [-0.1, -0.05) is 48.0 Å². The average molecular weight is 461 g/mol. The van der Waals surface area contributed by atoms with E-state index < -0.39 is 0 Å². The molecule has 0 bridgehead atoms. The van der Waals surface area contributed by atoms with E-state index in [1.54, 1.807) is 27.4 Å². The number of rotatable bonds is 7. The number of nitrogens with zero attached hydrogens (tertiary/aromatic N) is 2. The van der Waals surface area contributed by atoms with E-state index in [1.807, 2.05) is 48.2 Å². The zero-order valence-electron chi connectivity index (χ0n) is 20.0. The predicted octanol–water partition coefficient (Wildman–Crippen LogP) is 4.68. The number of carbonyl (C=O) groups is 1. The maximum Gasteiger partial charge on any atom is 0.325 e. The standard InChI is InChI=1S/C27H28N2O5/c1-17-11-13-21-20(15-17)24(18-9-7-6-8-10-18)29(16-23(30)32-3)27(28-21)19-12-14-22(31-2)26(34-5)25(19)33-4/h6-15,24H,16H2,1-5H3/t24-/m0/s1. The summed E-state index contributed by atoms with van der Waals surface area (Å²) in [4.78, 5) is 19.5. The minimum atomic E-state index is -0.371. The molecule has 1 aliphatic rings. The lowest BCUT2D eigenvalue weighted by Crippen LogP contribution is -2.42. The molecular formula is C27H28N2O5. The number of methoxy groups -OCH3 is 4. The first kappa shape index (κ1) is 23.2. The summed E-state index contributed by atoms with van der Waals surface area (Å²) in [6, 6.07) is 19.6. The van der Waals surface area contributed by atoms with Gasteiger partial charge in [0.05, 0.1) is 45.7 Å². The predicted molar refractivity (Wildman–Crippen MR) is 130 cm³/mol. The van der Waals surface area contributed by atoms with Crippen molar-refractivity contribution in [1.82, 2.24) is 4.90 Å². The SMILES string of the molecule is COC(=O)CN1C(c2ccc(OC)c(OC)c2OC)=Nc2ccc(C)cc2[C@@H]1c1ccccc1. The number of aliphatic imine (C=N–C) groups is 1. The van der Waals surface area contributed by atoms with Crippen LogP contribution in [0.5, 0.6) is 17.2 Å². The van der Waals surface area contributed by atoms with Gasteiger partial charge in [-0.15, -0.1) is 0 Å². The van der Waals surface area contributed by atoms with Crippen molar-refractivity contribution in [3.8, 4) is 17.2 Å². The third-order valence-corrected chi connectivity index (χ3v) is 5.88. The van der Waals surface area contributed by atoms with Crippen molar-refractivity contribution in [2.45, 2.75) is 13.0 Å². The Balaban J connectivity index is 2.01. The van der Waals surface area contributed by atoms with Gasteiger partial charge >= 0.3 is 5.97 Å². The van der Waals surface area contributed by atoms with Crippen molar-refractivity contribution in [2.24, 2.45) is 4.99 Å². The summed E-state index contributed by atoms with van der Waals surface area (Å²) in [6.07, 6.45) is 0. The van der Waals surface area contributed by atoms with Crippen molar-refractivity contribution in [2.75, 3.05) is 35.0 Å². The summed E-state index contributed by atoms with van der Waals surface area (Å²) in [6.45, 7) is 2.04. The molecule has 1 heterocycles. The van der Waals surface area contributed by atoms with Gasteiger partial charge in [-0.05, 0) is 30.7 Å². The number of aryl methyl sites for hydroxylation is 1. The second kappa shape index (κ2) is 9.87. The second-order valence-corrected chi connectivity index (χ2v) is 7.90. The topological polar surface area (TPSA) is 69.6 Å². The van der Waals surface area contributed by atoms with Crippen molar-refractivity contribution < 1.29 is 23.7 Å². The fourth-order valence-corrected chi connectivity index (χ4v) is 4.32. The molecule has 0 amide bonds. The molecule has 0 N–H and O–H groups in total. The number of amidine groups is 1. The van der Waals surface area contributed by atoms with E-state index in [1.165, 1.54) is 7.11 Å². The monoisotopic (exact) mass is 460 g/mol. The number of fused-ring (bicyclic) bond motifs is 1. The van der Waals surface area contributed by atoms with Crippen molar-refractivity contribution in [1.29, 1.82) is 0 Å². The lowest BCUT2D eigenvalue weighted by Gasteiger charge is -2.38. The quantitative estimate of drug-likeness (QED) is 0.477. The molecule has 0 unspecified atom stereocenters. The van der Waals surface area contributed by atoms with Crippen molar-refractivity contribution in [3.05, 3.63) is 82.9 Å². The van der Waals surface area contributed by atoms with E-state index in [4.69, 9.17) is 23.9 Å². The lowest BCUT2D eigenvalue weighted by atomic mass is 9.91. The number of hydrogen-bond acceptors (Lipinski definition) is 7. The van der Waals surface area contributed by atoms with Crippen LogP contribution in [0.15, 0.2) is 65.7 Å². The van der Waals surface area contributed by atoms with E-state index >= 15 is 0 Å². The molecule has 1 atom stereocenters. The molecule has 0 radical (unpaired) electrons. The number of carbonyl (C=O) groups excluding carboxylic acids is 1. The molecule has 7 nitrogen and oxygen atoms in total. The van der Waals surface area contributed by atoms with Gasteiger partial charge in [-0.3, -0.25) is 4.79 Å². The number of ether oxygens (including phenoxy) is 4. The number of hydrogen-bond donors (Lipinski definition) is 0. The van der Waals surface area contributed by atoms with Gasteiger partial charge in [0.15, 0.2) is 11.5 Å². The Morgan fingerprint density at radius 1 is 0.912 bits per heavy atom. The van der Waals surface area contributed by atoms with Crippen molar-refractivity contribution in [3.63, 3.8) is 0 Å². The summed E-state index contributed by atoms with van der Waals surface area (Å²) in [5, 5.41) is 0. The van der Waals surface area contributed by atoms with Gasteiger partial charge in [-0.2, -0.15) is 0 Å². The van der Waals surface area contributed by atoms with Crippen LogP contribution in [-0.2, 0) is 9.53 Å². The number of esters is 1. The van der Waals surface area contributed by atoms with E-state index in [0.29, 0.717) is 28.6 Å². The average Bonchev–Trinajstić information content (AvgIpc) is 2.87. The van der Waals surface area contributed by atoms with Gasteiger partial charge in [0.2, 0.25) is 5.75 Å². The van der Waals surface area contributed by atoms with Gasteiger partial charge in [0.1, 0.15) is 12.4 Å². The highest BCUT2D eigenvalue weighted by atomic mass is 16.5. The molecule has 0 spiro atoms. The van der Waals surface area contributed by atoms with Gasteiger partial charge in [0.25, 0.3) is 0 Å². The molecule has 0 fully saturated rings. The van der Waals surface area contributed by atoms with Crippen LogP contribution in [-0.4, -0.2) is 51.7 Å². The maximum atomic E-state index is 12.6. The Hall–Kier alpha value is -4.00. The first-order valence-corrected chi connectivity index (χ1v) is 10.9. The molecule has 34 heavy (non-hydrogen) atoms. The summed E-state index contributed by atoms with van der Waals surface area (Å²) in [7, 11) is 6.09. The van der Waals surface area contributed by atoms with Crippen LogP contribution < -0.4 is 14.2 Å². The smallest absolute Gasteiger partial charge is 0.325 e. The van der Waals surface area contributed by atoms with Gasteiger partial charge < -0.3 is 23.8 Å². The fraction of sp³-hybridized carbons (Fsp3) is 0.259. The summed E-state index contributed by atoms with van der Waals surface area (Å²) in [5.41, 5.74) is 4.66. The Bertz CT molecular complexity index is 1220. The maximum absolute atomic E-state index is 12.6. The molecule has 7 heteroatoms. The molecular weight excluding hydrogens is 432 g/mol. The minimum absolute atomic E-state index is 0.000223. The molecule has 0 saturated carbocycles. The Kier molecular flexibility index (Phi) is 6.72. The van der Waals surface area contributed by atoms with Crippen LogP contribution in [0.2, 0.25) is 0 Å². The first-order chi connectivity index (χ1) is 16.5. The highest BCUT2D eigenvalue weighted by molar-refractivity contribution is 6.06. The molecule has 4 rings (SSSR count). The second-order valence-electron chi connectivity index (χ2n) is 7.90. The Morgan fingerprint density at radius 3 is 2.29 bits per heavy atom. The van der Waals surface area contributed by atoms with Crippen LogP contribution in [0.3, 0.4) is 0 Å². The Labute approximate surface area is 199 Å². The highest BCUT2D eigenvalue weighted by Crippen LogP contribution is 2.45. The molecule has 0 aromatic heterocycles. The minimum Gasteiger partial charge on any atom is -0.493 e. The molecule has 3 aromatic rings. The van der Waals surface area contributed by atoms with Crippen molar-refractivity contribution >= 4 is 17.5 Å². The van der Waals surface area contributed by atoms with E-state index in [9.17, 15) is 4.79 Å². The zero-order valence-corrected chi connectivity index (χ0v) is 20.0. The fourth-order valence-electron chi connectivity index (χ4n) is 4.32. The highest BCUT2D eigenvalue weighted by Gasteiger charge is 2.35. The summed E-state index contributed by atoms with van der Waals surface area (Å²) >= 11 is 0. The van der Waals surface area contributed by atoms with E-state index in [0.717, 1.165) is 22.4 Å². The van der Waals surface area contributed by atoms with Crippen LogP contribution >= 0.6 is 0 Å². The molecule has 176 valence electrons. The third kappa shape index (κ3) is 4.17. The zero-order chi connectivity index (χ0) is 24.2. The van der Waals surface area contributed by atoms with Crippen LogP contribution in [0.1, 0.15) is 28.3 Å².